The number of carbonyl (C=O) groups excluding carboxylic acids is 2. The minimum Gasteiger partial charge on any atom is -0.497 e. The average Bonchev–Trinajstić information content (AvgIpc) is 3.29. The van der Waals surface area contributed by atoms with Crippen molar-refractivity contribution in [2.75, 3.05) is 50.2 Å². The molecule has 0 bridgehead atoms. The molecule has 5 rings (SSSR count). The molecule has 2 amide bonds. The van der Waals surface area contributed by atoms with E-state index >= 15 is 0 Å². The summed E-state index contributed by atoms with van der Waals surface area (Å²) in [4.78, 5) is 33.2. The Kier molecular flexibility index (Phi) is 7.24. The Morgan fingerprint density at radius 3 is 2.05 bits per heavy atom. The monoisotopic (exact) mass is 519 g/mol. The van der Waals surface area contributed by atoms with Crippen LogP contribution in [-0.2, 0) is 9.59 Å². The Morgan fingerprint density at radius 1 is 0.838 bits per heavy atom. The van der Waals surface area contributed by atoms with Crippen LogP contribution in [0.3, 0.4) is 0 Å². The first-order valence-corrected chi connectivity index (χ1v) is 12.8. The molecule has 2 atom stereocenters. The minimum absolute atomic E-state index is 0.0101. The average molecular weight is 520 g/mol. The van der Waals surface area contributed by atoms with Crippen molar-refractivity contribution >= 4 is 34.8 Å². The normalized spacial score (nSPS) is 19.8. The molecule has 2 aliphatic heterocycles. The fourth-order valence-corrected chi connectivity index (χ4v) is 5.46. The van der Waals surface area contributed by atoms with Gasteiger partial charge in [0.2, 0.25) is 11.8 Å². The van der Waals surface area contributed by atoms with Gasteiger partial charge in [-0.15, -0.1) is 0 Å². The van der Waals surface area contributed by atoms with E-state index in [-0.39, 0.29) is 18.2 Å². The van der Waals surface area contributed by atoms with E-state index in [0.29, 0.717) is 37.0 Å². The summed E-state index contributed by atoms with van der Waals surface area (Å²) in [5.41, 5.74) is 2.70. The predicted octanol–water partition coefficient (Wildman–Crippen LogP) is 4.80. The van der Waals surface area contributed by atoms with Crippen molar-refractivity contribution in [3.8, 4) is 11.5 Å². The summed E-state index contributed by atoms with van der Waals surface area (Å²) in [6, 6.07) is 22.4. The van der Waals surface area contributed by atoms with Crippen LogP contribution in [0.25, 0.3) is 0 Å². The van der Waals surface area contributed by atoms with Gasteiger partial charge in [-0.05, 0) is 60.2 Å². The van der Waals surface area contributed by atoms with Gasteiger partial charge < -0.3 is 24.2 Å². The summed E-state index contributed by atoms with van der Waals surface area (Å²) in [6.45, 7) is 2.60. The lowest BCUT2D eigenvalue weighted by atomic mass is 9.91. The second-order valence-corrected chi connectivity index (χ2v) is 9.72. The Balaban J connectivity index is 1.40. The highest BCUT2D eigenvalue weighted by Crippen LogP contribution is 2.43. The number of amides is 2. The Morgan fingerprint density at radius 2 is 1.46 bits per heavy atom. The lowest BCUT2D eigenvalue weighted by Crippen LogP contribution is -2.51. The van der Waals surface area contributed by atoms with Crippen molar-refractivity contribution < 1.29 is 19.1 Å². The van der Waals surface area contributed by atoms with Gasteiger partial charge in [-0.2, -0.15) is 0 Å². The summed E-state index contributed by atoms with van der Waals surface area (Å²) in [5.74, 6) is 0.893. The summed E-state index contributed by atoms with van der Waals surface area (Å²) in [5, 5.41) is 0.696. The largest absolute Gasteiger partial charge is 0.497 e. The molecule has 2 aliphatic rings. The number of nitrogens with zero attached hydrogens (tertiary/aromatic N) is 3. The van der Waals surface area contributed by atoms with E-state index in [1.807, 2.05) is 77.7 Å². The first-order valence-electron chi connectivity index (χ1n) is 12.4. The number of halogens is 1. The first kappa shape index (κ1) is 25.0. The van der Waals surface area contributed by atoms with Crippen molar-refractivity contribution in [3.05, 3.63) is 83.4 Å². The molecule has 2 fully saturated rings. The van der Waals surface area contributed by atoms with E-state index < -0.39 is 12.0 Å². The van der Waals surface area contributed by atoms with Crippen LogP contribution in [0.5, 0.6) is 11.5 Å². The zero-order valence-electron chi connectivity index (χ0n) is 21.0. The third-order valence-corrected chi connectivity index (χ3v) is 7.45. The van der Waals surface area contributed by atoms with E-state index in [0.717, 1.165) is 22.7 Å². The van der Waals surface area contributed by atoms with E-state index in [1.165, 1.54) is 0 Å². The van der Waals surface area contributed by atoms with Crippen LogP contribution in [0.1, 0.15) is 18.0 Å². The number of methoxy groups -OCH3 is 2. The van der Waals surface area contributed by atoms with Crippen LogP contribution in [0, 0.1) is 5.92 Å². The SMILES string of the molecule is COc1ccc([C@@H]2[C@@H](C(=O)N3CCN(c4cccc(Cl)c4)CC3)CC(=O)N2c2ccc(OC)cc2)cc1. The van der Waals surface area contributed by atoms with Crippen molar-refractivity contribution in [2.24, 2.45) is 5.92 Å². The topological polar surface area (TPSA) is 62.3 Å². The van der Waals surface area contributed by atoms with Gasteiger partial charge in [0.1, 0.15) is 11.5 Å². The fraction of sp³-hybridized carbons (Fsp3) is 0.310. The molecule has 3 aromatic rings. The lowest BCUT2D eigenvalue weighted by molar-refractivity contribution is -0.136. The van der Waals surface area contributed by atoms with Gasteiger partial charge >= 0.3 is 0 Å². The van der Waals surface area contributed by atoms with E-state index in [2.05, 4.69) is 4.90 Å². The maximum absolute atomic E-state index is 13.9. The molecule has 0 aliphatic carbocycles. The van der Waals surface area contributed by atoms with Gasteiger partial charge in [0.15, 0.2) is 0 Å². The van der Waals surface area contributed by atoms with Crippen LogP contribution in [0.2, 0.25) is 5.02 Å². The van der Waals surface area contributed by atoms with Gasteiger partial charge in [0.25, 0.3) is 0 Å². The maximum atomic E-state index is 13.9. The number of anilines is 2. The highest BCUT2D eigenvalue weighted by molar-refractivity contribution is 6.30. The third-order valence-electron chi connectivity index (χ3n) is 7.21. The van der Waals surface area contributed by atoms with E-state index in [9.17, 15) is 9.59 Å². The van der Waals surface area contributed by atoms with Crippen molar-refractivity contribution in [1.82, 2.24) is 4.90 Å². The number of benzene rings is 3. The summed E-state index contributed by atoms with van der Waals surface area (Å²) in [6.07, 6.45) is 0.163. The van der Waals surface area contributed by atoms with Crippen molar-refractivity contribution in [1.29, 1.82) is 0 Å². The second kappa shape index (κ2) is 10.7. The van der Waals surface area contributed by atoms with Crippen LogP contribution >= 0.6 is 11.6 Å². The zero-order chi connectivity index (χ0) is 25.9. The molecule has 192 valence electrons. The third kappa shape index (κ3) is 5.09. The summed E-state index contributed by atoms with van der Waals surface area (Å²) < 4.78 is 10.6. The molecular weight excluding hydrogens is 490 g/mol. The second-order valence-electron chi connectivity index (χ2n) is 9.28. The zero-order valence-corrected chi connectivity index (χ0v) is 21.7. The minimum atomic E-state index is -0.485. The van der Waals surface area contributed by atoms with Gasteiger partial charge in [0, 0.05) is 49.0 Å². The number of ether oxygens (including phenoxy) is 2. The van der Waals surface area contributed by atoms with Crippen molar-refractivity contribution in [3.63, 3.8) is 0 Å². The Labute approximate surface area is 222 Å². The molecule has 0 unspecified atom stereocenters. The van der Waals surface area contributed by atoms with Crippen LogP contribution in [0.15, 0.2) is 72.8 Å². The number of hydrogen-bond acceptors (Lipinski definition) is 5. The van der Waals surface area contributed by atoms with Gasteiger partial charge in [-0.1, -0.05) is 29.8 Å². The molecule has 0 N–H and O–H groups in total. The predicted molar refractivity (Wildman–Crippen MR) is 145 cm³/mol. The number of hydrogen-bond donors (Lipinski definition) is 0. The smallest absolute Gasteiger partial charge is 0.228 e. The molecule has 0 radical (unpaired) electrons. The molecular formula is C29H30ClN3O4. The number of carbonyl (C=O) groups is 2. The highest BCUT2D eigenvalue weighted by Gasteiger charge is 2.46. The molecule has 37 heavy (non-hydrogen) atoms. The molecule has 0 saturated carbocycles. The molecule has 3 aromatic carbocycles. The highest BCUT2D eigenvalue weighted by atomic mass is 35.5. The Hall–Kier alpha value is -3.71. The Bertz CT molecular complexity index is 1260. The molecule has 7 nitrogen and oxygen atoms in total. The summed E-state index contributed by atoms with van der Waals surface area (Å²) >= 11 is 6.17. The lowest BCUT2D eigenvalue weighted by Gasteiger charge is -2.38. The maximum Gasteiger partial charge on any atom is 0.228 e. The van der Waals surface area contributed by atoms with Gasteiger partial charge in [0.05, 0.1) is 26.2 Å². The summed E-state index contributed by atoms with van der Waals surface area (Å²) in [7, 11) is 3.23. The van der Waals surface area contributed by atoms with E-state index in [4.69, 9.17) is 21.1 Å². The van der Waals surface area contributed by atoms with Crippen LogP contribution in [-0.4, -0.2) is 57.1 Å². The molecule has 2 heterocycles. The quantitative estimate of drug-likeness (QED) is 0.468. The molecule has 8 heteroatoms. The van der Waals surface area contributed by atoms with E-state index in [1.54, 1.807) is 19.1 Å². The number of piperazine rings is 1. The van der Waals surface area contributed by atoms with Gasteiger partial charge in [-0.3, -0.25) is 9.59 Å². The van der Waals surface area contributed by atoms with Gasteiger partial charge in [-0.25, -0.2) is 0 Å². The van der Waals surface area contributed by atoms with Crippen LogP contribution < -0.4 is 19.3 Å². The number of rotatable bonds is 6. The standard InChI is InChI=1S/C29H30ClN3O4/c1-36-24-10-6-20(7-11-24)28-26(19-27(34)33(28)22-8-12-25(37-2)13-9-22)29(35)32-16-14-31(15-17-32)23-5-3-4-21(30)18-23/h3-13,18,26,28H,14-17,19H2,1-2H3/t26-,28+/m0/s1. The van der Waals surface area contributed by atoms with Crippen LogP contribution in [0.4, 0.5) is 11.4 Å². The molecule has 0 aromatic heterocycles. The molecule has 0 spiro atoms. The first-order chi connectivity index (χ1) is 18.0. The molecule has 2 saturated heterocycles. The fourth-order valence-electron chi connectivity index (χ4n) is 5.28. The van der Waals surface area contributed by atoms with Crippen molar-refractivity contribution in [2.45, 2.75) is 12.5 Å².